The molecule has 0 N–H and O–H groups in total. The normalized spacial score (nSPS) is 11.1. The number of rotatable bonds is 24. The first-order valence-corrected chi connectivity index (χ1v) is 17.8. The molecule has 0 aliphatic rings. The molecule has 3 aromatic carbocycles. The van der Waals surface area contributed by atoms with E-state index in [1.165, 1.54) is 131 Å². The van der Waals surface area contributed by atoms with Crippen LogP contribution in [0.25, 0.3) is 22.3 Å². The molecule has 0 fully saturated rings. The molecule has 0 atom stereocenters. The van der Waals surface area contributed by atoms with Crippen LogP contribution in [0.1, 0.15) is 135 Å². The van der Waals surface area contributed by atoms with Crippen LogP contribution in [0.4, 0.5) is 0 Å². The highest BCUT2D eigenvalue weighted by Crippen LogP contribution is 2.30. The molecule has 2 nitrogen and oxygen atoms in total. The molecule has 0 aliphatic heterocycles. The minimum atomic E-state index is 0.811. The molecule has 3 aromatic rings. The average Bonchev–Trinajstić information content (AvgIpc) is 3.03. The highest BCUT2D eigenvalue weighted by Gasteiger charge is 2.06. The van der Waals surface area contributed by atoms with Crippen LogP contribution in [0.5, 0.6) is 11.5 Å². The first kappa shape index (κ1) is 34.7. The van der Waals surface area contributed by atoms with Gasteiger partial charge in [-0.05, 0) is 71.8 Å². The van der Waals surface area contributed by atoms with Gasteiger partial charge in [0, 0.05) is 0 Å². The fourth-order valence-corrected chi connectivity index (χ4v) is 5.85. The highest BCUT2D eigenvalue weighted by molar-refractivity contribution is 5.74. The van der Waals surface area contributed by atoms with E-state index in [-0.39, 0.29) is 0 Å². The maximum atomic E-state index is 6.02. The Hall–Kier alpha value is -2.74. The smallest absolute Gasteiger partial charge is 0.119 e. The molecule has 3 rings (SSSR count). The van der Waals surface area contributed by atoms with Gasteiger partial charge in [-0.3, -0.25) is 0 Å². The Morgan fingerprint density at radius 1 is 0.395 bits per heavy atom. The maximum Gasteiger partial charge on any atom is 0.119 e. The summed E-state index contributed by atoms with van der Waals surface area (Å²) in [5.41, 5.74) is 6.26. The highest BCUT2D eigenvalue weighted by atomic mass is 16.5. The summed E-state index contributed by atoms with van der Waals surface area (Å²) in [5, 5.41) is 0. The molecule has 0 unspecified atom stereocenters. The van der Waals surface area contributed by atoms with Crippen LogP contribution in [0.2, 0.25) is 0 Å². The number of unbranched alkanes of at least 4 members (excludes halogenated alkanes) is 16. The van der Waals surface area contributed by atoms with E-state index in [1.807, 2.05) is 0 Å². The Morgan fingerprint density at radius 2 is 0.767 bits per heavy atom. The second-order valence-corrected chi connectivity index (χ2v) is 12.4. The van der Waals surface area contributed by atoms with Gasteiger partial charge < -0.3 is 9.47 Å². The van der Waals surface area contributed by atoms with Crippen LogP contribution in [-0.4, -0.2) is 13.2 Å². The Kier molecular flexibility index (Phi) is 17.7. The summed E-state index contributed by atoms with van der Waals surface area (Å²) in [6.45, 7) is 8.39. The third-order valence-electron chi connectivity index (χ3n) is 8.61. The van der Waals surface area contributed by atoms with Gasteiger partial charge in [0.05, 0.1) is 13.2 Å². The molecule has 236 valence electrons. The van der Waals surface area contributed by atoms with E-state index in [0.717, 1.165) is 37.6 Å². The van der Waals surface area contributed by atoms with Gasteiger partial charge in [0.2, 0.25) is 0 Å². The van der Waals surface area contributed by atoms with Crippen molar-refractivity contribution < 1.29 is 9.47 Å². The third-order valence-corrected chi connectivity index (χ3v) is 8.61. The summed E-state index contributed by atoms with van der Waals surface area (Å²) in [6, 6.07) is 24.0. The Morgan fingerprint density at radius 3 is 1.19 bits per heavy atom. The summed E-state index contributed by atoms with van der Waals surface area (Å²) in [7, 11) is 0. The first-order valence-electron chi connectivity index (χ1n) is 17.8. The molecule has 2 heteroatoms. The van der Waals surface area contributed by atoms with E-state index in [4.69, 9.17) is 9.47 Å². The van der Waals surface area contributed by atoms with Crippen molar-refractivity contribution in [3.8, 4) is 33.8 Å². The van der Waals surface area contributed by atoms with E-state index in [2.05, 4.69) is 87.5 Å². The van der Waals surface area contributed by atoms with Gasteiger partial charge in [0.1, 0.15) is 11.5 Å². The van der Waals surface area contributed by atoms with Crippen molar-refractivity contribution in [3.63, 3.8) is 0 Å². The average molecular weight is 585 g/mol. The lowest BCUT2D eigenvalue weighted by atomic mass is 9.96. The quantitative estimate of drug-likeness (QED) is 0.0975. The van der Waals surface area contributed by atoms with E-state index in [1.54, 1.807) is 0 Å². The molecule has 0 radical (unpaired) electrons. The summed E-state index contributed by atoms with van der Waals surface area (Å²) in [5.74, 6) is 1.94. The zero-order valence-electron chi connectivity index (χ0n) is 27.8. The lowest BCUT2D eigenvalue weighted by molar-refractivity contribution is 0.304. The zero-order chi connectivity index (χ0) is 30.4. The largest absolute Gasteiger partial charge is 0.494 e. The van der Waals surface area contributed by atoms with Gasteiger partial charge in [-0.2, -0.15) is 0 Å². The van der Waals surface area contributed by atoms with Crippen molar-refractivity contribution in [3.05, 3.63) is 72.3 Å². The molecule has 0 aromatic heterocycles. The number of ether oxygens (including phenoxy) is 2. The molecule has 0 aliphatic carbocycles. The number of aryl methyl sites for hydroxylation is 1. The number of hydrogen-bond acceptors (Lipinski definition) is 2. The summed E-state index contributed by atoms with van der Waals surface area (Å²) in [4.78, 5) is 0. The van der Waals surface area contributed by atoms with Gasteiger partial charge >= 0.3 is 0 Å². The summed E-state index contributed by atoms with van der Waals surface area (Å²) >= 11 is 0. The van der Waals surface area contributed by atoms with Crippen LogP contribution in [-0.2, 0) is 0 Å². The molecule has 0 heterocycles. The maximum absolute atomic E-state index is 6.02. The minimum Gasteiger partial charge on any atom is -0.494 e. The van der Waals surface area contributed by atoms with Crippen LogP contribution in [0.15, 0.2) is 66.7 Å². The molecule has 0 saturated carbocycles. The van der Waals surface area contributed by atoms with Gasteiger partial charge in [0.25, 0.3) is 0 Å². The minimum absolute atomic E-state index is 0.811. The van der Waals surface area contributed by atoms with Crippen molar-refractivity contribution in [2.45, 2.75) is 136 Å². The number of hydrogen-bond donors (Lipinski definition) is 0. The van der Waals surface area contributed by atoms with Gasteiger partial charge in [-0.25, -0.2) is 0 Å². The predicted octanol–water partition coefficient (Wildman–Crippen LogP) is 13.1. The molecule has 43 heavy (non-hydrogen) atoms. The summed E-state index contributed by atoms with van der Waals surface area (Å²) in [6.07, 6.45) is 24.1. The van der Waals surface area contributed by atoms with Crippen molar-refractivity contribution in [1.82, 2.24) is 0 Å². The molecule has 0 saturated heterocycles. The topological polar surface area (TPSA) is 18.5 Å². The Balaban J connectivity index is 1.35. The first-order chi connectivity index (χ1) is 21.2. The van der Waals surface area contributed by atoms with E-state index in [0.29, 0.717) is 0 Å². The molecular weight excluding hydrogens is 524 g/mol. The standard InChI is InChI=1S/C41H60O2/c1-4-6-8-10-12-14-16-18-20-32-42-39-27-22-36(23-28-39)38-26-31-41(35(3)34-38)37-24-29-40(30-25-37)43-33-21-19-17-15-13-11-9-7-5-2/h22-31,34H,4-21,32-33H2,1-3H3. The molecular formula is C41H60O2. The Labute approximate surface area is 264 Å². The van der Waals surface area contributed by atoms with Crippen molar-refractivity contribution in [2.75, 3.05) is 13.2 Å². The van der Waals surface area contributed by atoms with Crippen LogP contribution < -0.4 is 9.47 Å². The SMILES string of the molecule is CCCCCCCCCCCOc1ccc(-c2ccc(-c3ccc(OCCCCCCCCCCC)cc3)c(C)c2)cc1. The third kappa shape index (κ3) is 14.1. The molecule has 0 amide bonds. The van der Waals surface area contributed by atoms with Crippen LogP contribution in [0.3, 0.4) is 0 Å². The fourth-order valence-electron chi connectivity index (χ4n) is 5.85. The second kappa shape index (κ2) is 21.9. The zero-order valence-corrected chi connectivity index (χ0v) is 27.8. The van der Waals surface area contributed by atoms with E-state index < -0.39 is 0 Å². The molecule has 0 bridgehead atoms. The lowest BCUT2D eigenvalue weighted by Crippen LogP contribution is -1.97. The van der Waals surface area contributed by atoms with E-state index >= 15 is 0 Å². The van der Waals surface area contributed by atoms with Crippen LogP contribution in [0, 0.1) is 6.92 Å². The van der Waals surface area contributed by atoms with Crippen molar-refractivity contribution >= 4 is 0 Å². The van der Waals surface area contributed by atoms with Gasteiger partial charge in [-0.15, -0.1) is 0 Å². The molecule has 0 spiro atoms. The predicted molar refractivity (Wildman–Crippen MR) is 187 cm³/mol. The Bertz CT molecular complexity index is 1100. The van der Waals surface area contributed by atoms with Crippen molar-refractivity contribution in [2.24, 2.45) is 0 Å². The summed E-state index contributed by atoms with van der Waals surface area (Å²) < 4.78 is 12.0. The number of benzene rings is 3. The van der Waals surface area contributed by atoms with Crippen molar-refractivity contribution in [1.29, 1.82) is 0 Å². The van der Waals surface area contributed by atoms with Gasteiger partial charge in [0.15, 0.2) is 0 Å². The lowest BCUT2D eigenvalue weighted by Gasteiger charge is -2.12. The van der Waals surface area contributed by atoms with Crippen LogP contribution >= 0.6 is 0 Å². The second-order valence-electron chi connectivity index (χ2n) is 12.4. The fraction of sp³-hybridized carbons (Fsp3) is 0.561. The van der Waals surface area contributed by atoms with E-state index in [9.17, 15) is 0 Å². The van der Waals surface area contributed by atoms with Gasteiger partial charge in [-0.1, -0.05) is 159 Å². The monoisotopic (exact) mass is 584 g/mol.